The van der Waals surface area contributed by atoms with Crippen LogP contribution in [0.4, 0.5) is 11.6 Å². The maximum absolute atomic E-state index is 13.2. The number of para-hydroxylation sites is 1. The van der Waals surface area contributed by atoms with Crippen molar-refractivity contribution in [3.8, 4) is 11.4 Å². The Morgan fingerprint density at radius 3 is 2.84 bits per heavy atom. The summed E-state index contributed by atoms with van der Waals surface area (Å²) < 4.78 is 1.47. The molecule has 0 saturated carbocycles. The lowest BCUT2D eigenvalue weighted by Gasteiger charge is -2.18. The number of pyridine rings is 1. The van der Waals surface area contributed by atoms with Crippen LogP contribution < -0.4 is 16.2 Å². The van der Waals surface area contributed by atoms with Gasteiger partial charge in [0, 0.05) is 24.6 Å². The molecule has 1 aliphatic rings. The molecule has 0 unspecified atom stereocenters. The largest absolute Gasteiger partial charge is 0.506 e. The van der Waals surface area contributed by atoms with Crippen LogP contribution in [0, 0.1) is 13.8 Å². The molecule has 0 aliphatic carbocycles. The molecule has 31 heavy (non-hydrogen) atoms. The highest BCUT2D eigenvalue weighted by atomic mass is 16.3. The van der Waals surface area contributed by atoms with Crippen molar-refractivity contribution in [2.45, 2.75) is 26.8 Å². The second kappa shape index (κ2) is 7.52. The van der Waals surface area contributed by atoms with E-state index in [1.54, 1.807) is 24.5 Å². The predicted octanol–water partition coefficient (Wildman–Crippen LogP) is 3.49. The normalized spacial score (nSPS) is 13.2. The summed E-state index contributed by atoms with van der Waals surface area (Å²) >= 11 is 0. The lowest BCUT2D eigenvalue weighted by atomic mass is 10.0. The zero-order valence-corrected chi connectivity index (χ0v) is 17.4. The number of phenolic OH excluding ortho intramolecular Hbond substituents is 1. The van der Waals surface area contributed by atoms with Gasteiger partial charge in [-0.1, -0.05) is 18.2 Å². The fraction of sp³-hybridized carbons (Fsp3) is 0.208. The second-order valence-corrected chi connectivity index (χ2v) is 7.92. The highest BCUT2D eigenvalue weighted by Crippen LogP contribution is 2.26. The van der Waals surface area contributed by atoms with Crippen molar-refractivity contribution in [1.29, 1.82) is 0 Å². The summed E-state index contributed by atoms with van der Waals surface area (Å²) in [6, 6.07) is 11.5. The Morgan fingerprint density at radius 2 is 2.00 bits per heavy atom. The van der Waals surface area contributed by atoms with Gasteiger partial charge in [0.15, 0.2) is 0 Å². The SMILES string of the molecule is Cc1cccc(O)c1-n1cc(C)c2nc(Nc3ccc4c(c3)CNCC4)ncc2c1=O. The van der Waals surface area contributed by atoms with Gasteiger partial charge in [0.2, 0.25) is 5.95 Å². The lowest BCUT2D eigenvalue weighted by molar-refractivity contribution is 0.471. The summed E-state index contributed by atoms with van der Waals surface area (Å²) in [5.41, 5.74) is 5.97. The Bertz CT molecular complexity index is 1360. The van der Waals surface area contributed by atoms with E-state index < -0.39 is 0 Å². The van der Waals surface area contributed by atoms with Crippen LogP contribution in [0.2, 0.25) is 0 Å². The molecule has 7 nitrogen and oxygen atoms in total. The fourth-order valence-electron chi connectivity index (χ4n) is 4.15. The molecule has 4 aromatic rings. The molecule has 7 heteroatoms. The first-order valence-corrected chi connectivity index (χ1v) is 10.3. The van der Waals surface area contributed by atoms with Crippen LogP contribution in [0.5, 0.6) is 5.75 Å². The highest BCUT2D eigenvalue weighted by molar-refractivity contribution is 5.81. The van der Waals surface area contributed by atoms with Gasteiger partial charge in [-0.2, -0.15) is 0 Å². The Hall–Kier alpha value is -3.71. The van der Waals surface area contributed by atoms with Crippen LogP contribution in [-0.2, 0) is 13.0 Å². The minimum atomic E-state index is -0.267. The van der Waals surface area contributed by atoms with Crippen molar-refractivity contribution in [1.82, 2.24) is 19.9 Å². The number of hydrogen-bond donors (Lipinski definition) is 3. The molecule has 3 N–H and O–H groups in total. The third-order valence-corrected chi connectivity index (χ3v) is 5.74. The van der Waals surface area contributed by atoms with Gasteiger partial charge in [-0.25, -0.2) is 9.97 Å². The summed E-state index contributed by atoms with van der Waals surface area (Å²) in [6.45, 7) is 5.62. The maximum Gasteiger partial charge on any atom is 0.266 e. The summed E-state index contributed by atoms with van der Waals surface area (Å²) in [5, 5.41) is 17.4. The van der Waals surface area contributed by atoms with Gasteiger partial charge >= 0.3 is 0 Å². The minimum Gasteiger partial charge on any atom is -0.506 e. The molecule has 2 aromatic carbocycles. The summed E-state index contributed by atoms with van der Waals surface area (Å²) in [4.78, 5) is 22.2. The van der Waals surface area contributed by atoms with Gasteiger partial charge in [-0.3, -0.25) is 9.36 Å². The van der Waals surface area contributed by atoms with Crippen LogP contribution >= 0.6 is 0 Å². The van der Waals surface area contributed by atoms with Crippen LogP contribution in [-0.4, -0.2) is 26.2 Å². The monoisotopic (exact) mass is 413 g/mol. The Kier molecular flexibility index (Phi) is 4.67. The molecular formula is C24H23N5O2. The van der Waals surface area contributed by atoms with Gasteiger partial charge < -0.3 is 15.7 Å². The molecule has 2 aromatic heterocycles. The smallest absolute Gasteiger partial charge is 0.266 e. The van der Waals surface area contributed by atoms with E-state index in [1.807, 2.05) is 26.0 Å². The predicted molar refractivity (Wildman–Crippen MR) is 121 cm³/mol. The van der Waals surface area contributed by atoms with Crippen molar-refractivity contribution < 1.29 is 5.11 Å². The van der Waals surface area contributed by atoms with Crippen molar-refractivity contribution in [2.75, 3.05) is 11.9 Å². The number of nitrogens with one attached hydrogen (secondary N) is 2. The number of aryl methyl sites for hydroxylation is 2. The number of phenols is 1. The second-order valence-electron chi connectivity index (χ2n) is 7.92. The van der Waals surface area contributed by atoms with Gasteiger partial charge in [0.05, 0.1) is 16.6 Å². The lowest BCUT2D eigenvalue weighted by Crippen LogP contribution is -2.23. The molecule has 0 bridgehead atoms. The number of aromatic hydroxyl groups is 1. The third-order valence-electron chi connectivity index (χ3n) is 5.74. The maximum atomic E-state index is 13.2. The van der Waals surface area contributed by atoms with Crippen molar-refractivity contribution in [2.24, 2.45) is 0 Å². The van der Waals surface area contributed by atoms with Crippen LogP contribution in [0.3, 0.4) is 0 Å². The minimum absolute atomic E-state index is 0.0574. The molecule has 0 saturated heterocycles. The van der Waals surface area contributed by atoms with Gasteiger partial charge in [-0.05, 0) is 67.3 Å². The molecule has 156 valence electrons. The Labute approximate surface area is 179 Å². The Morgan fingerprint density at radius 1 is 1.13 bits per heavy atom. The first-order valence-electron chi connectivity index (χ1n) is 10.3. The van der Waals surface area contributed by atoms with E-state index in [0.29, 0.717) is 22.5 Å². The van der Waals surface area contributed by atoms with E-state index in [1.165, 1.54) is 15.7 Å². The van der Waals surface area contributed by atoms with E-state index in [4.69, 9.17) is 0 Å². The fourth-order valence-corrected chi connectivity index (χ4v) is 4.15. The highest BCUT2D eigenvalue weighted by Gasteiger charge is 2.15. The molecule has 1 aliphatic heterocycles. The molecule has 0 spiro atoms. The standard InChI is InChI=1S/C24H23N5O2/c1-14-4-3-5-20(30)22(14)29-13-15(2)21-19(23(29)31)12-26-24(28-21)27-18-7-6-16-8-9-25-11-17(16)10-18/h3-7,10,12-13,25,30H,8-9,11H2,1-2H3,(H,26,27,28). The van der Waals surface area contributed by atoms with E-state index >= 15 is 0 Å². The van der Waals surface area contributed by atoms with Crippen molar-refractivity contribution in [3.63, 3.8) is 0 Å². The summed E-state index contributed by atoms with van der Waals surface area (Å²) in [7, 11) is 0. The van der Waals surface area contributed by atoms with Crippen LogP contribution in [0.15, 0.2) is 53.6 Å². The zero-order valence-electron chi connectivity index (χ0n) is 17.4. The van der Waals surface area contributed by atoms with E-state index in [0.717, 1.165) is 36.3 Å². The number of hydrogen-bond acceptors (Lipinski definition) is 6. The number of fused-ring (bicyclic) bond motifs is 2. The number of aromatic nitrogens is 3. The van der Waals surface area contributed by atoms with Gasteiger partial charge in [-0.15, -0.1) is 0 Å². The Balaban J connectivity index is 1.55. The number of rotatable bonds is 3. The average Bonchev–Trinajstić information content (AvgIpc) is 2.77. The zero-order chi connectivity index (χ0) is 21.5. The van der Waals surface area contributed by atoms with E-state index in [9.17, 15) is 9.90 Å². The van der Waals surface area contributed by atoms with Gasteiger partial charge in [0.1, 0.15) is 5.75 Å². The first kappa shape index (κ1) is 19.3. The molecule has 3 heterocycles. The van der Waals surface area contributed by atoms with Crippen molar-refractivity contribution in [3.05, 3.63) is 81.4 Å². The van der Waals surface area contributed by atoms with Crippen molar-refractivity contribution >= 4 is 22.5 Å². The average molecular weight is 413 g/mol. The molecule has 0 radical (unpaired) electrons. The first-order chi connectivity index (χ1) is 15.0. The van der Waals surface area contributed by atoms with Gasteiger partial charge in [0.25, 0.3) is 5.56 Å². The van der Waals surface area contributed by atoms with E-state index in [2.05, 4.69) is 32.7 Å². The van der Waals surface area contributed by atoms with Crippen LogP contribution in [0.1, 0.15) is 22.3 Å². The number of anilines is 2. The molecule has 0 fully saturated rings. The molecular weight excluding hydrogens is 390 g/mol. The summed E-state index contributed by atoms with van der Waals surface area (Å²) in [5.74, 6) is 0.497. The molecule has 5 rings (SSSR count). The molecule has 0 atom stereocenters. The number of nitrogens with zero attached hydrogens (tertiary/aromatic N) is 3. The topological polar surface area (TPSA) is 92.1 Å². The van der Waals surface area contributed by atoms with Crippen LogP contribution in [0.25, 0.3) is 16.6 Å². The molecule has 0 amide bonds. The summed E-state index contributed by atoms with van der Waals surface area (Å²) in [6.07, 6.45) is 4.30. The third kappa shape index (κ3) is 3.43. The van der Waals surface area contributed by atoms with E-state index in [-0.39, 0.29) is 11.3 Å². The number of benzene rings is 2. The quantitative estimate of drug-likeness (QED) is 0.476.